The highest BCUT2D eigenvalue weighted by atomic mass is 16.2. The van der Waals surface area contributed by atoms with E-state index in [4.69, 9.17) is 5.73 Å². The molecule has 1 unspecified atom stereocenters. The summed E-state index contributed by atoms with van der Waals surface area (Å²) in [6.07, 6.45) is 5.41. The number of hydrogen-bond donors (Lipinski definition) is 1. The number of carbonyl (C=O) groups excluding carboxylic acids is 1. The van der Waals surface area contributed by atoms with Crippen LogP contribution in [-0.2, 0) is 4.79 Å². The van der Waals surface area contributed by atoms with Crippen LogP contribution in [0, 0.1) is 5.92 Å². The number of amides is 1. The lowest BCUT2D eigenvalue weighted by molar-refractivity contribution is -0.133. The highest BCUT2D eigenvalue weighted by molar-refractivity contribution is 5.77. The van der Waals surface area contributed by atoms with Crippen molar-refractivity contribution in [3.05, 3.63) is 35.9 Å². The SMILES string of the molecule is NC(CC(=O)N1CCC(CN2CCCC2)CC1)c1ccccc1. The van der Waals surface area contributed by atoms with Gasteiger partial charge in [0.1, 0.15) is 0 Å². The fraction of sp³-hybridized carbons (Fsp3) is 0.632. The van der Waals surface area contributed by atoms with Crippen molar-refractivity contribution in [3.63, 3.8) is 0 Å². The lowest BCUT2D eigenvalue weighted by atomic mass is 9.95. The minimum Gasteiger partial charge on any atom is -0.343 e. The molecule has 0 aliphatic carbocycles. The monoisotopic (exact) mass is 315 g/mol. The van der Waals surface area contributed by atoms with E-state index in [2.05, 4.69) is 4.90 Å². The fourth-order valence-corrected chi connectivity index (χ4v) is 3.83. The van der Waals surface area contributed by atoms with Gasteiger partial charge < -0.3 is 15.5 Å². The van der Waals surface area contributed by atoms with Crippen molar-refractivity contribution >= 4 is 5.91 Å². The van der Waals surface area contributed by atoms with Crippen molar-refractivity contribution in [2.75, 3.05) is 32.7 Å². The quantitative estimate of drug-likeness (QED) is 0.908. The summed E-state index contributed by atoms with van der Waals surface area (Å²) in [6, 6.07) is 9.74. The van der Waals surface area contributed by atoms with E-state index >= 15 is 0 Å². The number of benzene rings is 1. The van der Waals surface area contributed by atoms with Crippen LogP contribution in [0.5, 0.6) is 0 Å². The van der Waals surface area contributed by atoms with Gasteiger partial charge in [0.15, 0.2) is 0 Å². The van der Waals surface area contributed by atoms with Gasteiger partial charge in [0.05, 0.1) is 0 Å². The summed E-state index contributed by atoms with van der Waals surface area (Å²) in [5.41, 5.74) is 7.23. The standard InChI is InChI=1S/C19H29N3O/c20-18(17-6-2-1-3-7-17)14-19(23)22-12-8-16(9-13-22)15-21-10-4-5-11-21/h1-3,6-7,16,18H,4-5,8-15,20H2. The Balaban J connectivity index is 1.42. The molecule has 2 saturated heterocycles. The summed E-state index contributed by atoms with van der Waals surface area (Å²) in [5.74, 6) is 0.973. The Morgan fingerprint density at radius 3 is 2.39 bits per heavy atom. The first kappa shape index (κ1) is 16.5. The first-order valence-electron chi connectivity index (χ1n) is 9.03. The van der Waals surface area contributed by atoms with Crippen molar-refractivity contribution in [2.24, 2.45) is 11.7 Å². The molecule has 0 spiro atoms. The number of piperidine rings is 1. The van der Waals surface area contributed by atoms with E-state index in [1.165, 1.54) is 32.5 Å². The molecule has 0 bridgehead atoms. The Bertz CT molecular complexity index is 491. The van der Waals surface area contributed by atoms with Gasteiger partial charge in [0.2, 0.25) is 5.91 Å². The topological polar surface area (TPSA) is 49.6 Å². The minimum absolute atomic E-state index is 0.189. The van der Waals surface area contributed by atoms with Gasteiger partial charge >= 0.3 is 0 Å². The second-order valence-corrected chi connectivity index (χ2v) is 7.05. The van der Waals surface area contributed by atoms with Crippen molar-refractivity contribution in [3.8, 4) is 0 Å². The molecule has 0 saturated carbocycles. The van der Waals surface area contributed by atoms with Crippen LogP contribution in [0.4, 0.5) is 0 Å². The number of hydrogen-bond acceptors (Lipinski definition) is 3. The van der Waals surface area contributed by atoms with E-state index in [1.807, 2.05) is 35.2 Å². The molecule has 1 aromatic carbocycles. The van der Waals surface area contributed by atoms with Crippen LogP contribution in [0.25, 0.3) is 0 Å². The Morgan fingerprint density at radius 1 is 1.09 bits per heavy atom. The Kier molecular flexibility index (Phi) is 5.68. The molecule has 3 rings (SSSR count). The first-order chi connectivity index (χ1) is 11.2. The summed E-state index contributed by atoms with van der Waals surface area (Å²) >= 11 is 0. The maximum atomic E-state index is 12.5. The fourth-order valence-electron chi connectivity index (χ4n) is 3.83. The predicted octanol–water partition coefficient (Wildman–Crippen LogP) is 2.41. The van der Waals surface area contributed by atoms with Crippen molar-refractivity contribution in [1.29, 1.82) is 0 Å². The average Bonchev–Trinajstić information content (AvgIpc) is 3.09. The van der Waals surface area contributed by atoms with Gasteiger partial charge in [0, 0.05) is 32.1 Å². The number of rotatable bonds is 5. The zero-order valence-corrected chi connectivity index (χ0v) is 14.0. The molecule has 1 aromatic rings. The molecule has 2 heterocycles. The molecule has 126 valence electrons. The molecular weight excluding hydrogens is 286 g/mol. The van der Waals surface area contributed by atoms with Gasteiger partial charge in [-0.1, -0.05) is 30.3 Å². The summed E-state index contributed by atoms with van der Waals surface area (Å²) in [6.45, 7) is 5.57. The smallest absolute Gasteiger partial charge is 0.224 e. The summed E-state index contributed by atoms with van der Waals surface area (Å²) in [5, 5.41) is 0. The zero-order valence-electron chi connectivity index (χ0n) is 14.0. The van der Waals surface area contributed by atoms with Crippen molar-refractivity contribution in [2.45, 2.75) is 38.1 Å². The number of nitrogens with zero attached hydrogens (tertiary/aromatic N) is 2. The second-order valence-electron chi connectivity index (χ2n) is 7.05. The molecule has 0 aromatic heterocycles. The Morgan fingerprint density at radius 2 is 1.74 bits per heavy atom. The van der Waals surface area contributed by atoms with Crippen LogP contribution in [0.3, 0.4) is 0 Å². The number of carbonyl (C=O) groups is 1. The van der Waals surface area contributed by atoms with Crippen molar-refractivity contribution < 1.29 is 4.79 Å². The predicted molar refractivity (Wildman–Crippen MR) is 93.0 cm³/mol. The van der Waals surface area contributed by atoms with E-state index in [9.17, 15) is 4.79 Å². The molecule has 1 amide bonds. The molecule has 2 aliphatic heterocycles. The Hall–Kier alpha value is -1.39. The van der Waals surface area contributed by atoms with Crippen LogP contribution in [0.1, 0.15) is 43.7 Å². The normalized spacial score (nSPS) is 21.5. The molecule has 0 radical (unpaired) electrons. The van der Waals surface area contributed by atoms with Gasteiger partial charge in [-0.3, -0.25) is 4.79 Å². The molecule has 2 N–H and O–H groups in total. The zero-order chi connectivity index (χ0) is 16.1. The van der Waals surface area contributed by atoms with Gasteiger partial charge in [0.25, 0.3) is 0 Å². The average molecular weight is 315 g/mol. The van der Waals surface area contributed by atoms with Gasteiger partial charge in [-0.05, 0) is 50.3 Å². The van der Waals surface area contributed by atoms with Crippen LogP contribution < -0.4 is 5.73 Å². The van der Waals surface area contributed by atoms with Crippen LogP contribution >= 0.6 is 0 Å². The first-order valence-corrected chi connectivity index (χ1v) is 9.03. The number of likely N-dealkylation sites (tertiary alicyclic amines) is 2. The summed E-state index contributed by atoms with van der Waals surface area (Å²) in [4.78, 5) is 17.1. The van der Waals surface area contributed by atoms with Gasteiger partial charge in [-0.25, -0.2) is 0 Å². The van der Waals surface area contributed by atoms with E-state index < -0.39 is 0 Å². The van der Waals surface area contributed by atoms with Crippen molar-refractivity contribution in [1.82, 2.24) is 9.80 Å². The number of nitrogens with two attached hydrogens (primary N) is 1. The summed E-state index contributed by atoms with van der Waals surface area (Å²) < 4.78 is 0. The second kappa shape index (κ2) is 7.93. The minimum atomic E-state index is -0.189. The van der Waals surface area contributed by atoms with E-state index in [-0.39, 0.29) is 11.9 Å². The van der Waals surface area contributed by atoms with Gasteiger partial charge in [-0.15, -0.1) is 0 Å². The lowest BCUT2D eigenvalue weighted by Crippen LogP contribution is -2.42. The largest absolute Gasteiger partial charge is 0.343 e. The van der Waals surface area contributed by atoms with E-state index in [1.54, 1.807) is 0 Å². The molecule has 23 heavy (non-hydrogen) atoms. The molecule has 2 fully saturated rings. The van der Waals surface area contributed by atoms with Gasteiger partial charge in [-0.2, -0.15) is 0 Å². The lowest BCUT2D eigenvalue weighted by Gasteiger charge is -2.34. The third-order valence-electron chi connectivity index (χ3n) is 5.30. The molecular formula is C19H29N3O. The third-order valence-corrected chi connectivity index (χ3v) is 5.30. The molecule has 1 atom stereocenters. The van der Waals surface area contributed by atoms with E-state index in [0.717, 1.165) is 37.4 Å². The van der Waals surface area contributed by atoms with E-state index in [0.29, 0.717) is 6.42 Å². The molecule has 4 nitrogen and oxygen atoms in total. The maximum Gasteiger partial charge on any atom is 0.224 e. The molecule has 4 heteroatoms. The third kappa shape index (κ3) is 4.55. The van der Waals surface area contributed by atoms with Crippen LogP contribution in [0.15, 0.2) is 30.3 Å². The van der Waals surface area contributed by atoms with Crippen LogP contribution in [0.2, 0.25) is 0 Å². The highest BCUT2D eigenvalue weighted by Crippen LogP contribution is 2.22. The Labute approximate surface area is 139 Å². The molecule has 2 aliphatic rings. The highest BCUT2D eigenvalue weighted by Gasteiger charge is 2.26. The maximum absolute atomic E-state index is 12.5. The summed E-state index contributed by atoms with van der Waals surface area (Å²) in [7, 11) is 0. The van der Waals surface area contributed by atoms with Crippen LogP contribution in [-0.4, -0.2) is 48.4 Å².